The number of likely N-dealkylation sites (tertiary alicyclic amines) is 1. The molecular weight excluding hydrogens is 488 g/mol. The van der Waals surface area contributed by atoms with Crippen LogP contribution in [0, 0.1) is 25.2 Å². The van der Waals surface area contributed by atoms with Crippen LogP contribution in [0.3, 0.4) is 0 Å². The van der Waals surface area contributed by atoms with Gasteiger partial charge in [-0.25, -0.2) is 4.98 Å². The van der Waals surface area contributed by atoms with Gasteiger partial charge in [0.15, 0.2) is 12.4 Å². The van der Waals surface area contributed by atoms with E-state index in [2.05, 4.69) is 33.5 Å². The van der Waals surface area contributed by atoms with Crippen molar-refractivity contribution in [3.8, 4) is 28.7 Å². The molecule has 2 amide bonds. The Morgan fingerprint density at radius 2 is 2.05 bits per heavy atom. The normalized spacial score (nSPS) is 16.9. The van der Waals surface area contributed by atoms with Gasteiger partial charge in [-0.1, -0.05) is 44.0 Å². The Morgan fingerprint density at radius 3 is 2.70 bits per heavy atom. The second kappa shape index (κ2) is 11.6. The first-order chi connectivity index (χ1) is 17.8. The first kappa shape index (κ1) is 26.4. The molecule has 1 N–H and O–H groups in total. The highest BCUT2D eigenvalue weighted by atomic mass is 32.1. The van der Waals surface area contributed by atoms with Crippen molar-refractivity contribution in [2.24, 2.45) is 5.92 Å². The molecule has 2 aromatic heterocycles. The minimum Gasteiger partial charge on any atom is -0.462 e. The minimum atomic E-state index is -0.579. The molecule has 0 aliphatic carbocycles. The van der Waals surface area contributed by atoms with Crippen LogP contribution in [-0.4, -0.2) is 46.0 Å². The number of nitrogens with one attached hydrogen (secondary N) is 1. The third-order valence-electron chi connectivity index (χ3n) is 6.67. The third-order valence-corrected chi connectivity index (χ3v) is 7.64. The van der Waals surface area contributed by atoms with Crippen LogP contribution in [0.25, 0.3) is 10.4 Å². The van der Waals surface area contributed by atoms with Gasteiger partial charge in [-0.3, -0.25) is 9.59 Å². The monoisotopic (exact) mass is 520 g/mol. The van der Waals surface area contributed by atoms with Crippen molar-refractivity contribution in [1.82, 2.24) is 20.4 Å². The van der Waals surface area contributed by atoms with E-state index >= 15 is 0 Å². The number of amides is 2. The molecule has 9 heteroatoms. The molecule has 4 rings (SSSR count). The van der Waals surface area contributed by atoms with Crippen molar-refractivity contribution >= 4 is 23.2 Å². The van der Waals surface area contributed by atoms with Crippen molar-refractivity contribution in [3.05, 3.63) is 52.9 Å². The van der Waals surface area contributed by atoms with Crippen molar-refractivity contribution in [3.63, 3.8) is 0 Å². The fourth-order valence-electron chi connectivity index (χ4n) is 4.71. The van der Waals surface area contributed by atoms with Crippen molar-refractivity contribution in [1.29, 1.82) is 0 Å². The molecule has 3 aromatic rings. The lowest BCUT2D eigenvalue weighted by molar-refractivity contribution is -0.141. The number of carbonyl (C=O) groups is 2. The van der Waals surface area contributed by atoms with Crippen molar-refractivity contribution < 1.29 is 18.8 Å². The fraction of sp³-hybridized carbons (Fsp3) is 0.429. The molecule has 194 valence electrons. The van der Waals surface area contributed by atoms with Gasteiger partial charge >= 0.3 is 0 Å². The van der Waals surface area contributed by atoms with E-state index in [1.54, 1.807) is 22.3 Å². The number of benzene rings is 1. The number of aryl methyl sites for hydroxylation is 1. The van der Waals surface area contributed by atoms with Crippen molar-refractivity contribution in [2.45, 2.75) is 58.5 Å². The number of aromatic nitrogens is 2. The highest BCUT2D eigenvalue weighted by molar-refractivity contribution is 7.13. The second-order valence-electron chi connectivity index (χ2n) is 9.59. The molecule has 1 unspecified atom stereocenters. The van der Waals surface area contributed by atoms with E-state index in [-0.39, 0.29) is 36.3 Å². The highest BCUT2D eigenvalue weighted by Gasteiger charge is 2.40. The summed E-state index contributed by atoms with van der Waals surface area (Å²) in [5.41, 5.74) is 4.95. The molecule has 0 saturated carbocycles. The number of hydrogen-bond acceptors (Lipinski definition) is 7. The molecule has 3 heterocycles. The Balaban J connectivity index is 1.43. The first-order valence-electron chi connectivity index (χ1n) is 12.4. The summed E-state index contributed by atoms with van der Waals surface area (Å²) in [6.45, 7) is 8.42. The van der Waals surface area contributed by atoms with Gasteiger partial charge in [0.2, 0.25) is 11.8 Å². The molecule has 3 atom stereocenters. The summed E-state index contributed by atoms with van der Waals surface area (Å²) < 4.78 is 10.8. The van der Waals surface area contributed by atoms with Crippen LogP contribution in [0.1, 0.15) is 62.6 Å². The molecule has 1 aliphatic rings. The summed E-state index contributed by atoms with van der Waals surface area (Å²) in [5, 5.41) is 6.98. The van der Waals surface area contributed by atoms with E-state index in [0.29, 0.717) is 18.7 Å². The van der Waals surface area contributed by atoms with Gasteiger partial charge in [0.1, 0.15) is 12.0 Å². The van der Waals surface area contributed by atoms with Crippen LogP contribution in [0.5, 0.6) is 5.88 Å². The summed E-state index contributed by atoms with van der Waals surface area (Å²) in [6.07, 6.45) is 6.61. The van der Waals surface area contributed by atoms with Gasteiger partial charge in [0.05, 0.1) is 22.1 Å². The number of hydrogen-bond donors (Lipinski definition) is 1. The van der Waals surface area contributed by atoms with Gasteiger partial charge in [0, 0.05) is 12.6 Å². The average Bonchev–Trinajstić information content (AvgIpc) is 3.64. The molecule has 37 heavy (non-hydrogen) atoms. The Bertz CT molecular complexity index is 1270. The van der Waals surface area contributed by atoms with Gasteiger partial charge in [-0.15, -0.1) is 17.8 Å². The highest BCUT2D eigenvalue weighted by Crippen LogP contribution is 2.33. The van der Waals surface area contributed by atoms with Crippen LogP contribution in [0.4, 0.5) is 0 Å². The lowest BCUT2D eigenvalue weighted by Gasteiger charge is -2.29. The average molecular weight is 521 g/mol. The van der Waals surface area contributed by atoms with E-state index in [9.17, 15) is 9.59 Å². The molecular formula is C28H32N4O4S. The first-order valence-corrected chi connectivity index (χ1v) is 13.3. The molecule has 1 fully saturated rings. The summed E-state index contributed by atoms with van der Waals surface area (Å²) in [5.74, 6) is 2.08. The molecule has 0 bridgehead atoms. The molecule has 1 aromatic carbocycles. The Morgan fingerprint density at radius 1 is 1.30 bits per heavy atom. The number of carbonyl (C=O) groups excluding carboxylic acids is 2. The Kier molecular flexibility index (Phi) is 8.29. The van der Waals surface area contributed by atoms with Gasteiger partial charge in [-0.2, -0.15) is 0 Å². The van der Waals surface area contributed by atoms with Crippen LogP contribution in [0.2, 0.25) is 0 Å². The zero-order valence-corrected chi connectivity index (χ0v) is 22.4. The topological polar surface area (TPSA) is 97.6 Å². The van der Waals surface area contributed by atoms with E-state index in [0.717, 1.165) is 28.1 Å². The van der Waals surface area contributed by atoms with Crippen LogP contribution in [-0.2, 0) is 9.59 Å². The lowest BCUT2D eigenvalue weighted by atomic mass is 9.91. The lowest BCUT2D eigenvalue weighted by Crippen LogP contribution is -2.48. The zero-order valence-electron chi connectivity index (χ0n) is 21.6. The maximum absolute atomic E-state index is 13.6. The molecule has 0 spiro atoms. The van der Waals surface area contributed by atoms with Crippen LogP contribution >= 0.6 is 11.3 Å². The van der Waals surface area contributed by atoms with E-state index in [1.807, 2.05) is 45.3 Å². The van der Waals surface area contributed by atoms with Crippen LogP contribution in [0.15, 0.2) is 40.4 Å². The van der Waals surface area contributed by atoms with Gasteiger partial charge in [-0.05, 0) is 48.9 Å². The number of nitrogens with zero attached hydrogens (tertiary/aromatic N) is 3. The molecule has 1 saturated heterocycles. The largest absolute Gasteiger partial charge is 0.462 e. The number of ether oxygens (including phenoxy) is 1. The van der Waals surface area contributed by atoms with Gasteiger partial charge < -0.3 is 19.5 Å². The minimum absolute atomic E-state index is 0.0619. The number of rotatable bonds is 9. The Hall–Kier alpha value is -3.64. The molecule has 0 radical (unpaired) electrons. The fourth-order valence-corrected chi connectivity index (χ4v) is 5.53. The standard InChI is InChI=1S/C28H32N4O4S/c1-6-14-35-24-15-23(36-31-24)25(17(2)3)28(34)32-13-7-8-22(32)27(33)30-18(4)20-9-11-21(12-10-20)26-19(5)29-16-37-26/h1,9-12,15-18,22,25H,7-8,13-14H2,2-5H3,(H,30,33)/t18-,22-,25?/m0/s1. The zero-order chi connectivity index (χ0) is 26.5. The molecule has 1 aliphatic heterocycles. The summed E-state index contributed by atoms with van der Waals surface area (Å²) in [7, 11) is 0. The van der Waals surface area contributed by atoms with E-state index < -0.39 is 12.0 Å². The SMILES string of the molecule is C#CCOc1cc(C(C(=O)N2CCC[C@H]2C(=O)N[C@@H](C)c2ccc(-c3scnc3C)cc2)C(C)C)on1. The maximum atomic E-state index is 13.6. The quantitative estimate of drug-likeness (QED) is 0.410. The Labute approximate surface area is 221 Å². The smallest absolute Gasteiger partial charge is 0.255 e. The predicted octanol–water partition coefficient (Wildman–Crippen LogP) is 4.73. The second-order valence-corrected chi connectivity index (χ2v) is 10.4. The molecule has 8 nitrogen and oxygen atoms in total. The van der Waals surface area contributed by atoms with E-state index in [4.69, 9.17) is 15.7 Å². The van der Waals surface area contributed by atoms with Crippen LogP contribution < -0.4 is 10.1 Å². The number of terminal acetylenes is 1. The maximum Gasteiger partial charge on any atom is 0.255 e. The summed E-state index contributed by atoms with van der Waals surface area (Å²) >= 11 is 1.61. The summed E-state index contributed by atoms with van der Waals surface area (Å²) in [6, 6.07) is 9.02. The summed E-state index contributed by atoms with van der Waals surface area (Å²) in [4.78, 5) is 34.1. The van der Waals surface area contributed by atoms with E-state index in [1.165, 1.54) is 0 Å². The van der Waals surface area contributed by atoms with Gasteiger partial charge in [0.25, 0.3) is 5.88 Å². The number of thiazole rings is 1. The third kappa shape index (κ3) is 5.86. The predicted molar refractivity (Wildman–Crippen MR) is 142 cm³/mol. The van der Waals surface area contributed by atoms with Crippen molar-refractivity contribution in [2.75, 3.05) is 13.2 Å².